The van der Waals surface area contributed by atoms with Gasteiger partial charge in [0, 0.05) is 29.6 Å². The van der Waals surface area contributed by atoms with Crippen LogP contribution >= 0.6 is 0 Å². The zero-order chi connectivity index (χ0) is 27.8. The lowest BCUT2D eigenvalue weighted by molar-refractivity contribution is -0.131. The largest absolute Gasteiger partial charge is 0.478 e. The Hall–Kier alpha value is -4.71. The van der Waals surface area contributed by atoms with Gasteiger partial charge in [-0.15, -0.1) is 0 Å². The number of halogens is 1. The zero-order valence-electron chi connectivity index (χ0n) is 22.0. The lowest BCUT2D eigenvalue weighted by Gasteiger charge is -2.16. The van der Waals surface area contributed by atoms with E-state index in [0.717, 1.165) is 34.2 Å². The first-order valence-electron chi connectivity index (χ1n) is 12.9. The number of carbonyl (C=O) groups is 2. The van der Waals surface area contributed by atoms with Crippen LogP contribution in [0, 0.1) is 5.82 Å². The highest BCUT2D eigenvalue weighted by molar-refractivity contribution is 6.12. The van der Waals surface area contributed by atoms with Gasteiger partial charge in [-0.25, -0.2) is 9.18 Å². The van der Waals surface area contributed by atoms with E-state index in [0.29, 0.717) is 24.2 Å². The van der Waals surface area contributed by atoms with Gasteiger partial charge < -0.3 is 15.0 Å². The van der Waals surface area contributed by atoms with Gasteiger partial charge in [-0.2, -0.15) is 0 Å². The number of amides is 1. The lowest BCUT2D eigenvalue weighted by atomic mass is 9.94. The Balaban J connectivity index is 1.94. The highest BCUT2D eigenvalue weighted by Crippen LogP contribution is 2.42. The quantitative estimate of drug-likeness (QED) is 0.164. The molecule has 5 nitrogen and oxygen atoms in total. The maximum atomic E-state index is 14.0. The predicted octanol–water partition coefficient (Wildman–Crippen LogP) is 7.92. The molecule has 1 aromatic heterocycles. The number of aliphatic carboxylic acids is 1. The molecule has 0 aliphatic carbocycles. The molecule has 198 valence electrons. The minimum Gasteiger partial charge on any atom is -0.478 e. The molecule has 0 saturated carbocycles. The van der Waals surface area contributed by atoms with E-state index in [1.807, 2.05) is 66.7 Å². The van der Waals surface area contributed by atoms with Crippen LogP contribution in [0.15, 0.2) is 109 Å². The number of hydrogen-bond donors (Lipinski definition) is 2. The van der Waals surface area contributed by atoms with E-state index in [1.54, 1.807) is 18.2 Å². The van der Waals surface area contributed by atoms with Gasteiger partial charge in [-0.3, -0.25) is 4.79 Å². The van der Waals surface area contributed by atoms with Gasteiger partial charge in [0.25, 0.3) is 5.91 Å². The van der Waals surface area contributed by atoms with Gasteiger partial charge >= 0.3 is 5.97 Å². The third-order valence-corrected chi connectivity index (χ3v) is 6.29. The van der Waals surface area contributed by atoms with Crippen molar-refractivity contribution in [3.05, 3.63) is 126 Å². The van der Waals surface area contributed by atoms with E-state index in [2.05, 4.69) is 23.7 Å². The molecular weight excluding hydrogens is 491 g/mol. The van der Waals surface area contributed by atoms with Crippen LogP contribution in [0.1, 0.15) is 42.2 Å². The van der Waals surface area contributed by atoms with Crippen LogP contribution in [0.5, 0.6) is 0 Å². The number of rotatable bonds is 10. The average molecular weight is 523 g/mol. The van der Waals surface area contributed by atoms with Crippen molar-refractivity contribution in [3.8, 4) is 22.4 Å². The van der Waals surface area contributed by atoms with E-state index in [9.17, 15) is 14.0 Å². The van der Waals surface area contributed by atoms with Crippen molar-refractivity contribution in [2.75, 3.05) is 5.32 Å². The highest BCUT2D eigenvalue weighted by atomic mass is 19.1. The number of anilines is 1. The van der Waals surface area contributed by atoms with E-state index in [1.165, 1.54) is 18.2 Å². The molecule has 0 fully saturated rings. The number of nitrogens with one attached hydrogen (secondary N) is 1. The molecule has 0 bridgehead atoms. The van der Waals surface area contributed by atoms with Crippen LogP contribution in [-0.4, -0.2) is 21.6 Å². The predicted molar refractivity (Wildman–Crippen MR) is 154 cm³/mol. The Morgan fingerprint density at radius 2 is 1.54 bits per heavy atom. The Labute approximate surface area is 227 Å². The summed E-state index contributed by atoms with van der Waals surface area (Å²) in [6.45, 7) is 4.65. The molecule has 39 heavy (non-hydrogen) atoms. The van der Waals surface area contributed by atoms with Gasteiger partial charge in [0.15, 0.2) is 0 Å². The summed E-state index contributed by atoms with van der Waals surface area (Å²) < 4.78 is 16.1. The molecule has 0 radical (unpaired) electrons. The summed E-state index contributed by atoms with van der Waals surface area (Å²) in [6, 6.07) is 25.4. The molecule has 6 heteroatoms. The summed E-state index contributed by atoms with van der Waals surface area (Å²) in [5, 5.41) is 11.9. The molecule has 1 heterocycles. The van der Waals surface area contributed by atoms with Crippen LogP contribution < -0.4 is 5.32 Å². The van der Waals surface area contributed by atoms with Gasteiger partial charge in [0.1, 0.15) is 5.82 Å². The van der Waals surface area contributed by atoms with Crippen molar-refractivity contribution in [2.24, 2.45) is 0 Å². The standard InChI is InChI=1S/C33H31FN2O3/c1-23(2)31-30(33(39)35-27-15-9-6-10-16-27)29(24-13-7-5-8-14-24)32(25-18-20-26(34)21-19-25)36(31)22-12-4-3-11-17-28(37)38/h3-11,13-21,23H,12,22H2,1-2H3,(H,35,39)(H,37,38)/b4-3+,17-11+. The van der Waals surface area contributed by atoms with Crippen molar-refractivity contribution >= 4 is 17.6 Å². The molecule has 0 aliphatic heterocycles. The fraction of sp³-hybridized carbons (Fsp3) is 0.152. The summed E-state index contributed by atoms with van der Waals surface area (Å²) in [5.41, 5.74) is 5.44. The first-order chi connectivity index (χ1) is 18.9. The first kappa shape index (κ1) is 27.3. The van der Waals surface area contributed by atoms with Crippen LogP contribution in [-0.2, 0) is 11.3 Å². The Morgan fingerprint density at radius 1 is 0.897 bits per heavy atom. The summed E-state index contributed by atoms with van der Waals surface area (Å²) >= 11 is 0. The number of para-hydroxylation sites is 1. The molecule has 1 amide bonds. The molecule has 0 unspecified atom stereocenters. The Bertz CT molecular complexity index is 1490. The van der Waals surface area contributed by atoms with Crippen molar-refractivity contribution in [2.45, 2.75) is 32.7 Å². The number of allylic oxidation sites excluding steroid dienone is 3. The molecule has 2 N–H and O–H groups in total. The molecule has 0 atom stereocenters. The summed E-state index contributed by atoms with van der Waals surface area (Å²) in [4.78, 5) is 24.8. The third kappa shape index (κ3) is 6.60. The van der Waals surface area contributed by atoms with Crippen molar-refractivity contribution in [3.63, 3.8) is 0 Å². The number of carboxylic acid groups (broad SMARTS) is 1. The third-order valence-electron chi connectivity index (χ3n) is 6.29. The Kier molecular flexibility index (Phi) is 8.90. The molecular formula is C33H31FN2O3. The normalized spacial score (nSPS) is 11.5. The van der Waals surface area contributed by atoms with Crippen molar-refractivity contribution in [1.82, 2.24) is 4.57 Å². The summed E-state index contributed by atoms with van der Waals surface area (Å²) in [6.07, 6.45) is 6.75. The smallest absolute Gasteiger partial charge is 0.328 e. The topological polar surface area (TPSA) is 71.3 Å². The van der Waals surface area contributed by atoms with Crippen LogP contribution in [0.4, 0.5) is 10.1 Å². The van der Waals surface area contributed by atoms with E-state index in [-0.39, 0.29) is 17.6 Å². The molecule has 4 aromatic rings. The molecule has 3 aromatic carbocycles. The van der Waals surface area contributed by atoms with Crippen LogP contribution in [0.25, 0.3) is 22.4 Å². The van der Waals surface area contributed by atoms with Gasteiger partial charge in [-0.1, -0.05) is 80.6 Å². The second-order valence-electron chi connectivity index (χ2n) is 9.40. The second kappa shape index (κ2) is 12.7. The molecule has 0 spiro atoms. The lowest BCUT2D eigenvalue weighted by Crippen LogP contribution is -2.16. The van der Waals surface area contributed by atoms with Gasteiger partial charge in [-0.05, 0) is 59.9 Å². The Morgan fingerprint density at radius 3 is 2.15 bits per heavy atom. The zero-order valence-corrected chi connectivity index (χ0v) is 22.0. The van der Waals surface area contributed by atoms with E-state index < -0.39 is 5.97 Å². The van der Waals surface area contributed by atoms with E-state index >= 15 is 0 Å². The number of carboxylic acids is 1. The number of nitrogens with zero attached hydrogens (tertiary/aromatic N) is 1. The SMILES string of the molecule is CC(C)c1c(C(=O)Nc2ccccc2)c(-c2ccccc2)c(-c2ccc(F)cc2)n1CC/C=C/C=C/C(=O)O. The summed E-state index contributed by atoms with van der Waals surface area (Å²) in [7, 11) is 0. The maximum Gasteiger partial charge on any atom is 0.328 e. The van der Waals surface area contributed by atoms with Crippen LogP contribution in [0.3, 0.4) is 0 Å². The van der Waals surface area contributed by atoms with Gasteiger partial charge in [0.2, 0.25) is 0 Å². The highest BCUT2D eigenvalue weighted by Gasteiger charge is 2.30. The monoisotopic (exact) mass is 522 g/mol. The maximum absolute atomic E-state index is 14.0. The molecule has 4 rings (SSSR count). The second-order valence-corrected chi connectivity index (χ2v) is 9.40. The first-order valence-corrected chi connectivity index (χ1v) is 12.9. The van der Waals surface area contributed by atoms with Crippen molar-refractivity contribution in [1.29, 1.82) is 0 Å². The number of hydrogen-bond acceptors (Lipinski definition) is 2. The number of benzene rings is 3. The average Bonchev–Trinajstić information content (AvgIpc) is 3.27. The van der Waals surface area contributed by atoms with Crippen LogP contribution in [0.2, 0.25) is 0 Å². The molecule has 0 saturated heterocycles. The van der Waals surface area contributed by atoms with Gasteiger partial charge in [0.05, 0.1) is 11.3 Å². The minimum atomic E-state index is -1.01. The van der Waals surface area contributed by atoms with E-state index in [4.69, 9.17) is 5.11 Å². The molecule has 0 aliphatic rings. The fourth-order valence-electron chi connectivity index (χ4n) is 4.72. The number of carbonyl (C=O) groups excluding carboxylic acids is 1. The fourth-order valence-corrected chi connectivity index (χ4v) is 4.72. The summed E-state index contributed by atoms with van der Waals surface area (Å²) in [5.74, 6) is -1.57. The number of aromatic nitrogens is 1. The minimum absolute atomic E-state index is 0.00549. The van der Waals surface area contributed by atoms with Crippen molar-refractivity contribution < 1.29 is 19.1 Å².